The topological polar surface area (TPSA) is 24.5 Å². The summed E-state index contributed by atoms with van der Waals surface area (Å²) in [5, 5.41) is 3.45. The molecule has 0 bridgehead atoms. The first kappa shape index (κ1) is 15.3. The molecule has 3 nitrogen and oxygen atoms in total. The lowest BCUT2D eigenvalue weighted by molar-refractivity contribution is 0.220. The minimum Gasteiger partial charge on any atom is -0.494 e. The Balaban J connectivity index is 2.07. The van der Waals surface area contributed by atoms with E-state index in [1.165, 1.54) is 31.2 Å². The molecule has 0 saturated heterocycles. The molecule has 1 saturated carbocycles. The summed E-state index contributed by atoms with van der Waals surface area (Å²) in [5.41, 5.74) is 1.27. The van der Waals surface area contributed by atoms with Crippen molar-refractivity contribution in [3.8, 4) is 5.75 Å². The second-order valence-electron chi connectivity index (χ2n) is 5.69. The quantitative estimate of drug-likeness (QED) is 0.827. The van der Waals surface area contributed by atoms with Crippen LogP contribution in [-0.2, 0) is 0 Å². The Bertz CT molecular complexity index is 402. The lowest BCUT2D eigenvalue weighted by Gasteiger charge is -2.29. The molecule has 1 N–H and O–H groups in total. The molecule has 1 aliphatic rings. The molecule has 1 fully saturated rings. The van der Waals surface area contributed by atoms with Crippen molar-refractivity contribution in [2.75, 3.05) is 27.2 Å². The number of benzene rings is 1. The molecule has 0 aliphatic heterocycles. The molecule has 0 amide bonds. The molecule has 1 aliphatic carbocycles. The summed E-state index contributed by atoms with van der Waals surface area (Å²) >= 11 is 0. The van der Waals surface area contributed by atoms with E-state index in [0.717, 1.165) is 18.3 Å². The van der Waals surface area contributed by atoms with Gasteiger partial charge in [-0.3, -0.25) is 0 Å². The second kappa shape index (κ2) is 7.65. The van der Waals surface area contributed by atoms with Crippen LogP contribution in [0.4, 0.5) is 0 Å². The van der Waals surface area contributed by atoms with Crippen LogP contribution in [0.1, 0.15) is 44.2 Å². The fourth-order valence-electron chi connectivity index (χ4n) is 3.18. The van der Waals surface area contributed by atoms with E-state index in [1.54, 1.807) is 0 Å². The van der Waals surface area contributed by atoms with E-state index in [1.807, 2.05) is 20.0 Å². The molecule has 0 spiro atoms. The number of nitrogens with one attached hydrogen (secondary N) is 1. The summed E-state index contributed by atoms with van der Waals surface area (Å²) in [6.45, 7) is 3.78. The van der Waals surface area contributed by atoms with Gasteiger partial charge < -0.3 is 15.0 Å². The molecular weight excluding hydrogens is 248 g/mol. The summed E-state index contributed by atoms with van der Waals surface area (Å²) < 4.78 is 5.77. The van der Waals surface area contributed by atoms with Crippen molar-refractivity contribution < 1.29 is 4.74 Å². The first-order valence-corrected chi connectivity index (χ1v) is 7.85. The van der Waals surface area contributed by atoms with Crippen molar-refractivity contribution in [1.82, 2.24) is 10.2 Å². The maximum Gasteiger partial charge on any atom is 0.124 e. The molecule has 1 unspecified atom stereocenters. The molecule has 20 heavy (non-hydrogen) atoms. The number of likely N-dealkylation sites (N-methyl/N-ethyl adjacent to an activating group) is 2. The monoisotopic (exact) mass is 276 g/mol. The van der Waals surface area contributed by atoms with E-state index in [9.17, 15) is 0 Å². The second-order valence-corrected chi connectivity index (χ2v) is 5.69. The van der Waals surface area contributed by atoms with Crippen molar-refractivity contribution >= 4 is 0 Å². The van der Waals surface area contributed by atoms with Gasteiger partial charge in [0.15, 0.2) is 0 Å². The number of rotatable bonds is 7. The first-order valence-electron chi connectivity index (χ1n) is 7.85. The molecule has 0 heterocycles. The summed E-state index contributed by atoms with van der Waals surface area (Å²) in [7, 11) is 4.29. The Kier molecular flexibility index (Phi) is 5.86. The Morgan fingerprint density at radius 2 is 2.00 bits per heavy atom. The molecule has 2 rings (SSSR count). The maximum atomic E-state index is 5.77. The number of para-hydroxylation sites is 1. The van der Waals surface area contributed by atoms with E-state index < -0.39 is 0 Å². The summed E-state index contributed by atoms with van der Waals surface area (Å²) in [6, 6.07) is 9.46. The molecule has 1 atom stereocenters. The van der Waals surface area contributed by atoms with Crippen LogP contribution in [0.3, 0.4) is 0 Å². The molecule has 112 valence electrons. The highest BCUT2D eigenvalue weighted by molar-refractivity contribution is 5.36. The van der Waals surface area contributed by atoms with Crippen molar-refractivity contribution in [3.63, 3.8) is 0 Å². The van der Waals surface area contributed by atoms with Crippen molar-refractivity contribution in [1.29, 1.82) is 0 Å². The lowest BCUT2D eigenvalue weighted by Crippen LogP contribution is -2.37. The Morgan fingerprint density at radius 3 is 2.65 bits per heavy atom. The molecule has 3 heteroatoms. The van der Waals surface area contributed by atoms with Crippen LogP contribution in [0, 0.1) is 0 Å². The van der Waals surface area contributed by atoms with Crippen LogP contribution in [0.5, 0.6) is 5.75 Å². The summed E-state index contributed by atoms with van der Waals surface area (Å²) in [4.78, 5) is 2.51. The van der Waals surface area contributed by atoms with Gasteiger partial charge in [0.05, 0.1) is 6.61 Å². The zero-order valence-corrected chi connectivity index (χ0v) is 13.1. The smallest absolute Gasteiger partial charge is 0.124 e. The standard InChI is InChI=1S/C17H28N2O/c1-4-20-17-12-8-7-11-15(17)16(18-2)13-19(3)14-9-5-6-10-14/h7-8,11-12,14,16,18H,4-6,9-10,13H2,1-3H3. The highest BCUT2D eigenvalue weighted by Gasteiger charge is 2.23. The highest BCUT2D eigenvalue weighted by atomic mass is 16.5. The zero-order valence-electron chi connectivity index (χ0n) is 13.1. The van der Waals surface area contributed by atoms with Crippen LogP contribution in [0.15, 0.2) is 24.3 Å². The normalized spacial score (nSPS) is 17.6. The van der Waals surface area contributed by atoms with Crippen LogP contribution in [0.2, 0.25) is 0 Å². The molecule has 0 aromatic heterocycles. The summed E-state index contributed by atoms with van der Waals surface area (Å²) in [5.74, 6) is 1.01. The van der Waals surface area contributed by atoms with E-state index in [0.29, 0.717) is 12.6 Å². The van der Waals surface area contributed by atoms with Gasteiger partial charge in [-0.15, -0.1) is 0 Å². The number of hydrogen-bond donors (Lipinski definition) is 1. The fraction of sp³-hybridized carbons (Fsp3) is 0.647. The maximum absolute atomic E-state index is 5.77. The average molecular weight is 276 g/mol. The van der Waals surface area contributed by atoms with E-state index in [-0.39, 0.29) is 0 Å². The van der Waals surface area contributed by atoms with Crippen molar-refractivity contribution in [2.24, 2.45) is 0 Å². The van der Waals surface area contributed by atoms with Crippen molar-refractivity contribution in [2.45, 2.75) is 44.7 Å². The van der Waals surface area contributed by atoms with Crippen LogP contribution in [-0.4, -0.2) is 38.2 Å². The van der Waals surface area contributed by atoms with Crippen molar-refractivity contribution in [3.05, 3.63) is 29.8 Å². The van der Waals surface area contributed by atoms with Gasteiger partial charge in [-0.2, -0.15) is 0 Å². The van der Waals surface area contributed by atoms with Crippen LogP contribution >= 0.6 is 0 Å². The Morgan fingerprint density at radius 1 is 1.30 bits per heavy atom. The SMILES string of the molecule is CCOc1ccccc1C(CN(C)C1CCCC1)NC. The van der Waals surface area contributed by atoms with Crippen LogP contribution in [0.25, 0.3) is 0 Å². The molecule has 1 aromatic rings. The van der Waals surface area contributed by atoms with E-state index >= 15 is 0 Å². The van der Waals surface area contributed by atoms with Gasteiger partial charge in [0, 0.05) is 24.2 Å². The third-order valence-corrected chi connectivity index (χ3v) is 4.36. The fourth-order valence-corrected chi connectivity index (χ4v) is 3.18. The predicted molar refractivity (Wildman–Crippen MR) is 84.3 cm³/mol. The zero-order chi connectivity index (χ0) is 14.4. The minimum absolute atomic E-state index is 0.323. The van der Waals surface area contributed by atoms with E-state index in [4.69, 9.17) is 4.74 Å². The van der Waals surface area contributed by atoms with Crippen LogP contribution < -0.4 is 10.1 Å². The first-order chi connectivity index (χ1) is 9.76. The number of nitrogens with zero attached hydrogens (tertiary/aromatic N) is 1. The number of ether oxygens (including phenoxy) is 1. The number of hydrogen-bond acceptors (Lipinski definition) is 3. The Labute approximate surface area is 123 Å². The lowest BCUT2D eigenvalue weighted by atomic mass is 10.0. The van der Waals surface area contributed by atoms with E-state index in [2.05, 4.69) is 35.5 Å². The van der Waals surface area contributed by atoms with Gasteiger partial charge in [-0.05, 0) is 39.9 Å². The van der Waals surface area contributed by atoms with Gasteiger partial charge in [0.2, 0.25) is 0 Å². The summed E-state index contributed by atoms with van der Waals surface area (Å²) in [6.07, 6.45) is 5.46. The third kappa shape index (κ3) is 3.74. The molecule has 1 aromatic carbocycles. The van der Waals surface area contributed by atoms with Gasteiger partial charge in [0.1, 0.15) is 5.75 Å². The third-order valence-electron chi connectivity index (χ3n) is 4.36. The average Bonchev–Trinajstić information content (AvgIpc) is 3.00. The van der Waals surface area contributed by atoms with Gasteiger partial charge in [0.25, 0.3) is 0 Å². The molecule has 0 radical (unpaired) electrons. The predicted octanol–water partition coefficient (Wildman–Crippen LogP) is 3.22. The highest BCUT2D eigenvalue weighted by Crippen LogP contribution is 2.28. The minimum atomic E-state index is 0.323. The van der Waals surface area contributed by atoms with Gasteiger partial charge in [-0.25, -0.2) is 0 Å². The van der Waals surface area contributed by atoms with Gasteiger partial charge >= 0.3 is 0 Å². The largest absolute Gasteiger partial charge is 0.494 e. The molecular formula is C17H28N2O. The Hall–Kier alpha value is -1.06. The van der Waals surface area contributed by atoms with Gasteiger partial charge in [-0.1, -0.05) is 31.0 Å².